The van der Waals surface area contributed by atoms with Gasteiger partial charge in [-0.3, -0.25) is 9.59 Å². The zero-order valence-electron chi connectivity index (χ0n) is 16.3. The highest BCUT2D eigenvalue weighted by Gasteiger charge is 2.31. The Bertz CT molecular complexity index is 809. The quantitative estimate of drug-likeness (QED) is 0.704. The molecule has 0 aliphatic carbocycles. The zero-order chi connectivity index (χ0) is 19.9. The summed E-state index contributed by atoms with van der Waals surface area (Å²) in [5.41, 5.74) is 1.78. The average molecular weight is 382 g/mol. The van der Waals surface area contributed by atoms with Crippen molar-refractivity contribution >= 4 is 17.5 Å². The van der Waals surface area contributed by atoms with Gasteiger partial charge < -0.3 is 19.3 Å². The predicted octanol–water partition coefficient (Wildman–Crippen LogP) is 2.87. The Hall–Kier alpha value is -2.86. The number of amides is 2. The van der Waals surface area contributed by atoms with Crippen LogP contribution < -0.4 is 9.64 Å². The third-order valence-electron chi connectivity index (χ3n) is 4.76. The number of anilines is 1. The summed E-state index contributed by atoms with van der Waals surface area (Å²) >= 11 is 0. The fourth-order valence-corrected chi connectivity index (χ4v) is 3.25. The van der Waals surface area contributed by atoms with E-state index in [9.17, 15) is 9.59 Å². The second-order valence-electron chi connectivity index (χ2n) is 6.76. The van der Waals surface area contributed by atoms with E-state index >= 15 is 0 Å². The van der Waals surface area contributed by atoms with Crippen molar-refractivity contribution in [3.8, 4) is 5.75 Å². The van der Waals surface area contributed by atoms with Gasteiger partial charge >= 0.3 is 0 Å². The molecule has 1 heterocycles. The molecule has 2 aromatic rings. The molecule has 0 bridgehead atoms. The number of carbonyl (C=O) groups excluding carboxylic acids is 2. The molecule has 0 aromatic heterocycles. The Balaban J connectivity index is 1.69. The van der Waals surface area contributed by atoms with Gasteiger partial charge in [0, 0.05) is 33.2 Å². The van der Waals surface area contributed by atoms with Gasteiger partial charge in [0.05, 0.1) is 12.3 Å². The molecule has 2 amide bonds. The number of benzene rings is 2. The average Bonchev–Trinajstić information content (AvgIpc) is 2.72. The maximum atomic E-state index is 12.9. The van der Waals surface area contributed by atoms with E-state index in [1.165, 1.54) is 0 Å². The second kappa shape index (κ2) is 9.37. The van der Waals surface area contributed by atoms with Crippen LogP contribution in [-0.4, -0.2) is 49.6 Å². The molecule has 148 valence electrons. The Morgan fingerprint density at radius 3 is 2.61 bits per heavy atom. The maximum absolute atomic E-state index is 12.9. The summed E-state index contributed by atoms with van der Waals surface area (Å²) in [6.45, 7) is 3.55. The van der Waals surface area contributed by atoms with Gasteiger partial charge in [0.1, 0.15) is 5.75 Å². The largest absolute Gasteiger partial charge is 0.479 e. The van der Waals surface area contributed by atoms with Crippen LogP contribution in [0.25, 0.3) is 0 Å². The van der Waals surface area contributed by atoms with Gasteiger partial charge in [-0.1, -0.05) is 42.5 Å². The molecule has 0 saturated carbocycles. The lowest BCUT2D eigenvalue weighted by Gasteiger charge is -2.33. The predicted molar refractivity (Wildman–Crippen MR) is 107 cm³/mol. The van der Waals surface area contributed by atoms with E-state index < -0.39 is 6.10 Å². The minimum absolute atomic E-state index is 0.00895. The van der Waals surface area contributed by atoms with E-state index in [1.807, 2.05) is 54.6 Å². The van der Waals surface area contributed by atoms with Crippen molar-refractivity contribution in [3.05, 3.63) is 60.2 Å². The number of fused-ring (bicyclic) bond motifs is 1. The van der Waals surface area contributed by atoms with Crippen LogP contribution in [0, 0.1) is 0 Å². The van der Waals surface area contributed by atoms with Crippen molar-refractivity contribution in [2.75, 3.05) is 31.7 Å². The number of nitrogens with zero attached hydrogens (tertiary/aromatic N) is 2. The molecule has 0 saturated heterocycles. The van der Waals surface area contributed by atoms with Crippen LogP contribution in [0.4, 0.5) is 5.69 Å². The molecule has 1 aliphatic heterocycles. The SMILES string of the molecule is COCCN(Cc1ccccc1)C(=O)CCN1C(=O)C(C)Oc2ccccc21. The lowest BCUT2D eigenvalue weighted by molar-refractivity contribution is -0.132. The van der Waals surface area contributed by atoms with E-state index in [-0.39, 0.29) is 18.2 Å². The van der Waals surface area contributed by atoms with Gasteiger partial charge in [-0.15, -0.1) is 0 Å². The molecule has 0 spiro atoms. The monoisotopic (exact) mass is 382 g/mol. The van der Waals surface area contributed by atoms with Crippen molar-refractivity contribution in [2.45, 2.75) is 26.0 Å². The number of rotatable bonds is 8. The van der Waals surface area contributed by atoms with Gasteiger partial charge in [-0.2, -0.15) is 0 Å². The molecule has 0 fully saturated rings. The summed E-state index contributed by atoms with van der Waals surface area (Å²) in [7, 11) is 1.62. The zero-order valence-corrected chi connectivity index (χ0v) is 16.3. The molecular weight excluding hydrogens is 356 g/mol. The lowest BCUT2D eigenvalue weighted by Crippen LogP contribution is -2.46. The van der Waals surface area contributed by atoms with Crippen LogP contribution in [0.2, 0.25) is 0 Å². The molecule has 1 atom stereocenters. The van der Waals surface area contributed by atoms with Crippen molar-refractivity contribution < 1.29 is 19.1 Å². The van der Waals surface area contributed by atoms with Crippen LogP contribution in [0.3, 0.4) is 0 Å². The Labute approximate surface area is 165 Å². The highest BCUT2D eigenvalue weighted by atomic mass is 16.5. The molecule has 3 rings (SSSR count). The second-order valence-corrected chi connectivity index (χ2v) is 6.76. The summed E-state index contributed by atoms with van der Waals surface area (Å²) in [5, 5.41) is 0. The van der Waals surface area contributed by atoms with E-state index in [1.54, 1.807) is 23.8 Å². The number of methoxy groups -OCH3 is 1. The summed E-state index contributed by atoms with van der Waals surface area (Å²) in [6.07, 6.45) is -0.317. The Morgan fingerprint density at radius 2 is 1.86 bits per heavy atom. The number of para-hydroxylation sites is 2. The van der Waals surface area contributed by atoms with E-state index in [2.05, 4.69) is 0 Å². The minimum atomic E-state index is -0.557. The topological polar surface area (TPSA) is 59.1 Å². The first-order chi connectivity index (χ1) is 13.6. The van der Waals surface area contributed by atoms with Gasteiger partial charge in [0.2, 0.25) is 5.91 Å². The molecule has 2 aromatic carbocycles. The van der Waals surface area contributed by atoms with Crippen LogP contribution >= 0.6 is 0 Å². The standard InChI is InChI=1S/C22H26N2O4/c1-17-22(26)24(19-10-6-7-11-20(19)28-17)13-12-21(25)23(14-15-27-2)16-18-8-4-3-5-9-18/h3-11,17H,12-16H2,1-2H3. The Kier molecular flexibility index (Phi) is 6.66. The molecule has 1 unspecified atom stereocenters. The maximum Gasteiger partial charge on any atom is 0.267 e. The third kappa shape index (κ3) is 4.70. The smallest absolute Gasteiger partial charge is 0.267 e. The highest BCUT2D eigenvalue weighted by Crippen LogP contribution is 2.33. The molecule has 1 aliphatic rings. The van der Waals surface area contributed by atoms with Crippen molar-refractivity contribution in [1.82, 2.24) is 4.90 Å². The molecule has 0 radical (unpaired) electrons. The van der Waals surface area contributed by atoms with E-state index in [0.29, 0.717) is 37.7 Å². The van der Waals surface area contributed by atoms with Crippen LogP contribution in [0.5, 0.6) is 5.75 Å². The van der Waals surface area contributed by atoms with Crippen molar-refractivity contribution in [3.63, 3.8) is 0 Å². The Morgan fingerprint density at radius 1 is 1.14 bits per heavy atom. The van der Waals surface area contributed by atoms with Gasteiger partial charge in [0.15, 0.2) is 6.10 Å². The fourth-order valence-electron chi connectivity index (χ4n) is 3.25. The summed E-state index contributed by atoms with van der Waals surface area (Å²) < 4.78 is 10.8. The van der Waals surface area contributed by atoms with E-state index in [4.69, 9.17) is 9.47 Å². The van der Waals surface area contributed by atoms with Crippen molar-refractivity contribution in [1.29, 1.82) is 0 Å². The van der Waals surface area contributed by atoms with Crippen molar-refractivity contribution in [2.24, 2.45) is 0 Å². The minimum Gasteiger partial charge on any atom is -0.479 e. The third-order valence-corrected chi connectivity index (χ3v) is 4.76. The summed E-state index contributed by atoms with van der Waals surface area (Å²) in [5.74, 6) is 0.533. The first-order valence-electron chi connectivity index (χ1n) is 9.48. The normalized spacial score (nSPS) is 15.7. The number of ether oxygens (including phenoxy) is 2. The number of carbonyl (C=O) groups is 2. The fraction of sp³-hybridized carbons (Fsp3) is 0.364. The van der Waals surface area contributed by atoms with E-state index in [0.717, 1.165) is 5.56 Å². The highest BCUT2D eigenvalue weighted by molar-refractivity contribution is 6.00. The van der Waals surface area contributed by atoms with Gasteiger partial charge in [0.25, 0.3) is 5.91 Å². The molecule has 28 heavy (non-hydrogen) atoms. The molecule has 6 nitrogen and oxygen atoms in total. The lowest BCUT2D eigenvalue weighted by atomic mass is 10.1. The van der Waals surface area contributed by atoms with Crippen LogP contribution in [0.1, 0.15) is 18.9 Å². The van der Waals surface area contributed by atoms with Crippen LogP contribution in [0.15, 0.2) is 54.6 Å². The molecule has 0 N–H and O–H groups in total. The molecular formula is C22H26N2O4. The van der Waals surface area contributed by atoms with Crippen LogP contribution in [-0.2, 0) is 20.9 Å². The summed E-state index contributed by atoms with van der Waals surface area (Å²) in [6, 6.07) is 17.3. The number of hydrogen-bond acceptors (Lipinski definition) is 4. The summed E-state index contributed by atoms with van der Waals surface area (Å²) in [4.78, 5) is 28.9. The first kappa shape index (κ1) is 19.9. The van der Waals surface area contributed by atoms with Gasteiger partial charge in [-0.05, 0) is 24.6 Å². The molecule has 6 heteroatoms. The van der Waals surface area contributed by atoms with Gasteiger partial charge in [-0.25, -0.2) is 0 Å². The number of hydrogen-bond donors (Lipinski definition) is 0. The first-order valence-corrected chi connectivity index (χ1v) is 9.48.